The molecular weight excluding hydrogens is 256 g/mol. The van der Waals surface area contributed by atoms with Gasteiger partial charge < -0.3 is 9.47 Å². The summed E-state index contributed by atoms with van der Waals surface area (Å²) in [5.74, 6) is -1.34. The van der Waals surface area contributed by atoms with Gasteiger partial charge in [0.2, 0.25) is 0 Å². The van der Waals surface area contributed by atoms with Gasteiger partial charge in [-0.3, -0.25) is 0 Å². The maximum Gasteiger partial charge on any atom is 0.345 e. The minimum Gasteiger partial charge on any atom is -0.459 e. The van der Waals surface area contributed by atoms with Gasteiger partial charge in [-0.1, -0.05) is 30.3 Å². The molecule has 0 saturated carbocycles. The molecule has 0 bridgehead atoms. The molecule has 0 heterocycles. The highest BCUT2D eigenvalue weighted by atomic mass is 16.6. The average Bonchev–Trinajstić information content (AvgIpc) is 2.35. The Morgan fingerprint density at radius 2 is 1.35 bits per heavy atom. The van der Waals surface area contributed by atoms with Crippen LogP contribution in [0.2, 0.25) is 0 Å². The molecule has 0 atom stereocenters. The van der Waals surface area contributed by atoms with E-state index in [1.807, 2.05) is 18.2 Å². The lowest BCUT2D eigenvalue weighted by Gasteiger charge is -2.12. The summed E-state index contributed by atoms with van der Waals surface area (Å²) in [6, 6.07) is 9.10. The SMILES string of the molecule is CC(C)OC(=O)C(=Cc1ccccc1)C(=O)OC(C)C. The summed E-state index contributed by atoms with van der Waals surface area (Å²) in [6.07, 6.45) is 0.886. The third-order valence-electron chi connectivity index (χ3n) is 2.24. The zero-order chi connectivity index (χ0) is 15.1. The maximum absolute atomic E-state index is 12.0. The van der Waals surface area contributed by atoms with E-state index in [2.05, 4.69) is 0 Å². The van der Waals surface area contributed by atoms with Crippen LogP contribution in [0.1, 0.15) is 33.3 Å². The predicted octanol–water partition coefficient (Wildman–Crippen LogP) is 2.97. The van der Waals surface area contributed by atoms with E-state index in [1.54, 1.807) is 39.8 Å². The molecule has 20 heavy (non-hydrogen) atoms. The van der Waals surface area contributed by atoms with Gasteiger partial charge in [0, 0.05) is 0 Å². The van der Waals surface area contributed by atoms with Crippen molar-refractivity contribution < 1.29 is 19.1 Å². The molecule has 0 aromatic heterocycles. The third-order valence-corrected chi connectivity index (χ3v) is 2.24. The molecule has 0 saturated heterocycles. The van der Waals surface area contributed by atoms with Crippen molar-refractivity contribution in [2.75, 3.05) is 0 Å². The minimum absolute atomic E-state index is 0.0985. The first-order chi connectivity index (χ1) is 9.40. The first kappa shape index (κ1) is 16.0. The average molecular weight is 276 g/mol. The van der Waals surface area contributed by atoms with E-state index in [4.69, 9.17) is 9.47 Å². The summed E-state index contributed by atoms with van der Waals surface area (Å²) in [5.41, 5.74) is 0.641. The minimum atomic E-state index is -0.672. The highest BCUT2D eigenvalue weighted by Gasteiger charge is 2.23. The molecule has 1 rings (SSSR count). The van der Waals surface area contributed by atoms with Crippen molar-refractivity contribution >= 4 is 18.0 Å². The Morgan fingerprint density at radius 3 is 1.75 bits per heavy atom. The molecule has 0 aliphatic heterocycles. The molecule has 0 amide bonds. The Kier molecular flexibility index (Phi) is 5.97. The van der Waals surface area contributed by atoms with Gasteiger partial charge in [-0.25, -0.2) is 9.59 Å². The van der Waals surface area contributed by atoms with Crippen LogP contribution in [0.3, 0.4) is 0 Å². The zero-order valence-electron chi connectivity index (χ0n) is 12.3. The van der Waals surface area contributed by atoms with Gasteiger partial charge in [0.1, 0.15) is 5.57 Å². The van der Waals surface area contributed by atoms with Crippen molar-refractivity contribution in [3.8, 4) is 0 Å². The van der Waals surface area contributed by atoms with Crippen molar-refractivity contribution in [3.63, 3.8) is 0 Å². The molecule has 0 radical (unpaired) electrons. The largest absolute Gasteiger partial charge is 0.459 e. The second-order valence-electron chi connectivity index (χ2n) is 4.88. The van der Waals surface area contributed by atoms with Gasteiger partial charge in [-0.2, -0.15) is 0 Å². The topological polar surface area (TPSA) is 52.6 Å². The van der Waals surface area contributed by atoms with Crippen LogP contribution in [0.5, 0.6) is 0 Å². The van der Waals surface area contributed by atoms with Crippen molar-refractivity contribution in [1.82, 2.24) is 0 Å². The molecule has 0 fully saturated rings. The molecule has 0 aliphatic rings. The van der Waals surface area contributed by atoms with E-state index in [0.29, 0.717) is 0 Å². The molecule has 0 unspecified atom stereocenters. The number of esters is 2. The van der Waals surface area contributed by atoms with Crippen molar-refractivity contribution in [2.45, 2.75) is 39.9 Å². The number of carbonyl (C=O) groups is 2. The van der Waals surface area contributed by atoms with Crippen LogP contribution in [0, 0.1) is 0 Å². The molecule has 1 aromatic carbocycles. The summed E-state index contributed by atoms with van der Waals surface area (Å²) >= 11 is 0. The van der Waals surface area contributed by atoms with Gasteiger partial charge in [0.15, 0.2) is 0 Å². The van der Waals surface area contributed by atoms with Crippen molar-refractivity contribution in [1.29, 1.82) is 0 Å². The van der Waals surface area contributed by atoms with Gasteiger partial charge >= 0.3 is 11.9 Å². The number of carbonyl (C=O) groups excluding carboxylic acids is 2. The zero-order valence-corrected chi connectivity index (χ0v) is 12.3. The Morgan fingerprint density at radius 1 is 0.900 bits per heavy atom. The van der Waals surface area contributed by atoms with E-state index in [0.717, 1.165) is 5.56 Å². The first-order valence-corrected chi connectivity index (χ1v) is 6.59. The summed E-state index contributed by atoms with van der Waals surface area (Å²) < 4.78 is 10.2. The summed E-state index contributed by atoms with van der Waals surface area (Å²) in [7, 11) is 0. The fourth-order valence-electron chi connectivity index (χ4n) is 1.47. The molecule has 1 aromatic rings. The maximum atomic E-state index is 12.0. The molecular formula is C16H20O4. The summed E-state index contributed by atoms with van der Waals surface area (Å²) in [4.78, 5) is 24.0. The van der Waals surface area contributed by atoms with E-state index in [9.17, 15) is 9.59 Å². The number of ether oxygens (including phenoxy) is 2. The molecule has 0 N–H and O–H groups in total. The standard InChI is InChI=1S/C16H20O4/c1-11(2)19-15(17)14(16(18)20-12(3)4)10-13-8-6-5-7-9-13/h5-12H,1-4H3. The quantitative estimate of drug-likeness (QED) is 0.359. The number of rotatable bonds is 5. The Labute approximate surface area is 119 Å². The molecule has 0 spiro atoms. The van der Waals surface area contributed by atoms with Crippen molar-refractivity contribution in [2.24, 2.45) is 0 Å². The van der Waals surface area contributed by atoms with E-state index in [1.165, 1.54) is 6.08 Å². The van der Waals surface area contributed by atoms with Crippen LogP contribution in [-0.4, -0.2) is 24.1 Å². The van der Waals surface area contributed by atoms with Gasteiger partial charge in [0.25, 0.3) is 0 Å². The number of hydrogen-bond acceptors (Lipinski definition) is 4. The normalized spacial score (nSPS) is 10.3. The Balaban J connectivity index is 3.04. The highest BCUT2D eigenvalue weighted by Crippen LogP contribution is 2.12. The van der Waals surface area contributed by atoms with Crippen LogP contribution in [0.25, 0.3) is 6.08 Å². The van der Waals surface area contributed by atoms with Gasteiger partial charge in [0.05, 0.1) is 12.2 Å². The Bertz CT molecular complexity index is 462. The molecule has 4 heteroatoms. The highest BCUT2D eigenvalue weighted by molar-refractivity contribution is 6.17. The first-order valence-electron chi connectivity index (χ1n) is 6.59. The molecule has 0 aliphatic carbocycles. The van der Waals surface area contributed by atoms with E-state index < -0.39 is 11.9 Å². The van der Waals surface area contributed by atoms with E-state index >= 15 is 0 Å². The second kappa shape index (κ2) is 7.48. The molecule has 4 nitrogen and oxygen atoms in total. The lowest BCUT2D eigenvalue weighted by molar-refractivity contribution is -0.150. The van der Waals surface area contributed by atoms with Crippen LogP contribution in [-0.2, 0) is 19.1 Å². The van der Waals surface area contributed by atoms with Crippen LogP contribution in [0.15, 0.2) is 35.9 Å². The fourth-order valence-corrected chi connectivity index (χ4v) is 1.47. The van der Waals surface area contributed by atoms with Gasteiger partial charge in [-0.05, 0) is 39.3 Å². The Hall–Kier alpha value is -2.10. The third kappa shape index (κ3) is 5.26. The van der Waals surface area contributed by atoms with Crippen LogP contribution >= 0.6 is 0 Å². The van der Waals surface area contributed by atoms with Crippen LogP contribution < -0.4 is 0 Å². The van der Waals surface area contributed by atoms with Gasteiger partial charge in [-0.15, -0.1) is 0 Å². The summed E-state index contributed by atoms with van der Waals surface area (Å²) in [6.45, 7) is 6.91. The number of benzene rings is 1. The summed E-state index contributed by atoms with van der Waals surface area (Å²) in [5, 5.41) is 0. The smallest absolute Gasteiger partial charge is 0.345 e. The fraction of sp³-hybridized carbons (Fsp3) is 0.375. The molecule has 108 valence electrons. The predicted molar refractivity (Wildman–Crippen MR) is 76.9 cm³/mol. The number of hydrogen-bond donors (Lipinski definition) is 0. The second-order valence-corrected chi connectivity index (χ2v) is 4.88. The monoisotopic (exact) mass is 276 g/mol. The van der Waals surface area contributed by atoms with E-state index in [-0.39, 0.29) is 17.8 Å². The lowest BCUT2D eigenvalue weighted by Crippen LogP contribution is -2.23. The lowest BCUT2D eigenvalue weighted by atomic mass is 10.1. The van der Waals surface area contributed by atoms with Crippen LogP contribution in [0.4, 0.5) is 0 Å². The van der Waals surface area contributed by atoms with Crippen molar-refractivity contribution in [3.05, 3.63) is 41.5 Å².